The molecule has 160 valence electrons. The summed E-state index contributed by atoms with van der Waals surface area (Å²) in [6.07, 6.45) is 7.23. The van der Waals surface area contributed by atoms with Crippen molar-refractivity contribution in [2.24, 2.45) is 0 Å². The van der Waals surface area contributed by atoms with Crippen LogP contribution in [0.4, 0.5) is 5.69 Å². The van der Waals surface area contributed by atoms with Crippen molar-refractivity contribution in [1.82, 2.24) is 4.90 Å². The van der Waals surface area contributed by atoms with E-state index in [0.717, 1.165) is 25.7 Å². The minimum Gasteiger partial charge on any atom is -0.493 e. The Kier molecular flexibility index (Phi) is 9.34. The van der Waals surface area contributed by atoms with Crippen LogP contribution in [0.25, 0.3) is 0 Å². The van der Waals surface area contributed by atoms with E-state index in [1.54, 1.807) is 4.90 Å². The first-order valence-electron chi connectivity index (χ1n) is 9.94. The molecule has 1 aromatic carbocycles. The van der Waals surface area contributed by atoms with Crippen LogP contribution >= 0.6 is 11.6 Å². The van der Waals surface area contributed by atoms with Crippen molar-refractivity contribution < 1.29 is 24.4 Å². The van der Waals surface area contributed by atoms with Gasteiger partial charge in [0.2, 0.25) is 5.91 Å². The van der Waals surface area contributed by atoms with E-state index in [1.165, 1.54) is 18.6 Å². The molecule has 0 saturated heterocycles. The largest absolute Gasteiger partial charge is 0.493 e. The van der Waals surface area contributed by atoms with Gasteiger partial charge in [0.25, 0.3) is 0 Å². The summed E-state index contributed by atoms with van der Waals surface area (Å²) >= 11 is 5.80. The van der Waals surface area contributed by atoms with Gasteiger partial charge in [-0.1, -0.05) is 30.9 Å². The average molecular weight is 427 g/mol. The van der Waals surface area contributed by atoms with Crippen LogP contribution in [0.3, 0.4) is 0 Å². The number of halogens is 1. The fourth-order valence-corrected chi connectivity index (χ4v) is 3.94. The smallest absolute Gasteiger partial charge is 0.302 e. The first-order valence-corrected chi connectivity index (χ1v) is 10.3. The Balaban J connectivity index is 1.84. The zero-order valence-electron chi connectivity index (χ0n) is 16.3. The molecule has 0 aliphatic heterocycles. The molecule has 1 fully saturated rings. The van der Waals surface area contributed by atoms with Crippen LogP contribution in [0.1, 0.15) is 61.7 Å². The number of hydrogen-bond donors (Lipinski definition) is 1. The van der Waals surface area contributed by atoms with Gasteiger partial charge in [0.15, 0.2) is 6.29 Å². The molecule has 0 heterocycles. The van der Waals surface area contributed by atoms with Gasteiger partial charge in [-0.3, -0.25) is 19.7 Å². The number of aldehydes is 1. The highest BCUT2D eigenvalue weighted by Crippen LogP contribution is 2.34. The van der Waals surface area contributed by atoms with Crippen molar-refractivity contribution in [1.29, 1.82) is 0 Å². The molecule has 0 atom stereocenters. The predicted octanol–water partition coefficient (Wildman–Crippen LogP) is 3.76. The number of ether oxygens (including phenoxy) is 1. The molecule has 8 nitrogen and oxygen atoms in total. The normalized spacial score (nSPS) is 14.4. The predicted molar refractivity (Wildman–Crippen MR) is 109 cm³/mol. The standard InChI is InChI=1S/C20H27ClN2O6/c21-17-9-10-18(16(14-25)20(17)23(27)28)29-13-5-4-8-19(26)22(11-12-24)15-6-2-1-3-7-15/h9-10,14-15,24H,1-8,11-13H2. The fourth-order valence-electron chi connectivity index (χ4n) is 3.70. The van der Waals surface area contributed by atoms with Crippen molar-refractivity contribution in [2.45, 2.75) is 57.4 Å². The number of hydrogen-bond acceptors (Lipinski definition) is 6. The fraction of sp³-hybridized carbons (Fsp3) is 0.600. The van der Waals surface area contributed by atoms with E-state index in [9.17, 15) is 24.8 Å². The highest BCUT2D eigenvalue weighted by Gasteiger charge is 2.25. The van der Waals surface area contributed by atoms with Gasteiger partial charge >= 0.3 is 5.69 Å². The second-order valence-electron chi connectivity index (χ2n) is 7.09. The number of benzene rings is 1. The summed E-state index contributed by atoms with van der Waals surface area (Å²) in [5, 5.41) is 20.3. The number of aliphatic hydroxyl groups is 1. The molecule has 1 aliphatic carbocycles. The molecule has 9 heteroatoms. The van der Waals surface area contributed by atoms with Crippen molar-refractivity contribution in [3.63, 3.8) is 0 Å². The first kappa shape index (κ1) is 23.1. The third-order valence-electron chi connectivity index (χ3n) is 5.15. The third-order valence-corrected chi connectivity index (χ3v) is 5.45. The first-order chi connectivity index (χ1) is 14.0. The second-order valence-corrected chi connectivity index (χ2v) is 7.50. The molecule has 1 amide bonds. The highest BCUT2D eigenvalue weighted by molar-refractivity contribution is 6.33. The lowest BCUT2D eigenvalue weighted by Crippen LogP contribution is -2.43. The molecule has 0 bridgehead atoms. The maximum atomic E-state index is 12.6. The van der Waals surface area contributed by atoms with Crippen molar-refractivity contribution in [2.75, 3.05) is 19.8 Å². The average Bonchev–Trinajstić information content (AvgIpc) is 2.72. The summed E-state index contributed by atoms with van der Waals surface area (Å²) in [4.78, 5) is 36.0. The minimum atomic E-state index is -0.710. The monoisotopic (exact) mass is 426 g/mol. The van der Waals surface area contributed by atoms with Crippen LogP contribution in [0.15, 0.2) is 12.1 Å². The number of aliphatic hydroxyl groups excluding tert-OH is 1. The molecular formula is C20H27ClN2O6. The van der Waals surface area contributed by atoms with Crippen LogP contribution in [0.2, 0.25) is 5.02 Å². The lowest BCUT2D eigenvalue weighted by molar-refractivity contribution is -0.385. The summed E-state index contributed by atoms with van der Waals surface area (Å²) in [5.74, 6) is 0.133. The number of nitro groups is 1. The number of unbranched alkanes of at least 4 members (excludes halogenated alkanes) is 1. The Morgan fingerprint density at radius 1 is 1.31 bits per heavy atom. The van der Waals surface area contributed by atoms with Gasteiger partial charge in [-0.25, -0.2) is 0 Å². The van der Waals surface area contributed by atoms with E-state index >= 15 is 0 Å². The third kappa shape index (κ3) is 6.40. The van der Waals surface area contributed by atoms with E-state index < -0.39 is 10.6 Å². The zero-order chi connectivity index (χ0) is 21.2. The Morgan fingerprint density at radius 2 is 2.03 bits per heavy atom. The number of nitrogens with zero attached hydrogens (tertiary/aromatic N) is 2. The van der Waals surface area contributed by atoms with Gasteiger partial charge in [0, 0.05) is 19.0 Å². The lowest BCUT2D eigenvalue weighted by atomic mass is 9.94. The number of rotatable bonds is 11. The molecule has 1 N–H and O–H groups in total. The summed E-state index contributed by atoms with van der Waals surface area (Å²) in [6.45, 7) is 0.530. The van der Waals surface area contributed by atoms with Crippen molar-refractivity contribution in [3.8, 4) is 5.75 Å². The molecule has 2 rings (SSSR count). The maximum absolute atomic E-state index is 12.6. The molecule has 1 aromatic rings. The van der Waals surface area contributed by atoms with Gasteiger partial charge < -0.3 is 14.7 Å². The number of nitro benzene ring substituents is 1. The Morgan fingerprint density at radius 3 is 2.66 bits per heavy atom. The maximum Gasteiger partial charge on any atom is 0.302 e. The number of amides is 1. The SMILES string of the molecule is O=Cc1c(OCCCCC(=O)N(CCO)C2CCCCC2)ccc(Cl)c1[N+](=O)[O-]. The van der Waals surface area contributed by atoms with E-state index in [1.807, 2.05) is 0 Å². The Hall–Kier alpha value is -2.19. The van der Waals surface area contributed by atoms with E-state index in [0.29, 0.717) is 32.1 Å². The van der Waals surface area contributed by atoms with Crippen molar-refractivity contribution >= 4 is 29.5 Å². The van der Waals surface area contributed by atoms with E-state index in [4.69, 9.17) is 16.3 Å². The second kappa shape index (κ2) is 11.7. The van der Waals surface area contributed by atoms with Crippen LogP contribution in [-0.2, 0) is 4.79 Å². The topological polar surface area (TPSA) is 110 Å². The van der Waals surface area contributed by atoms with Gasteiger partial charge in [0.05, 0.1) is 18.1 Å². The molecule has 1 saturated carbocycles. The van der Waals surface area contributed by atoms with Crippen LogP contribution < -0.4 is 4.74 Å². The summed E-state index contributed by atoms with van der Waals surface area (Å²) < 4.78 is 5.52. The Labute approximate surface area is 174 Å². The number of carbonyl (C=O) groups is 2. The molecule has 0 aromatic heterocycles. The summed E-state index contributed by atoms with van der Waals surface area (Å²) in [5.41, 5.74) is -0.661. The quantitative estimate of drug-likeness (QED) is 0.249. The lowest BCUT2D eigenvalue weighted by Gasteiger charge is -2.34. The molecule has 0 unspecified atom stereocenters. The molecular weight excluding hydrogens is 400 g/mol. The minimum absolute atomic E-state index is 0.0293. The number of carbonyl (C=O) groups excluding carboxylic acids is 2. The zero-order valence-corrected chi connectivity index (χ0v) is 17.1. The molecule has 0 radical (unpaired) electrons. The van der Waals surface area contributed by atoms with Crippen LogP contribution in [0.5, 0.6) is 5.75 Å². The molecule has 1 aliphatic rings. The Bertz CT molecular complexity index is 721. The van der Waals surface area contributed by atoms with Crippen molar-refractivity contribution in [3.05, 3.63) is 32.8 Å². The van der Waals surface area contributed by atoms with Gasteiger partial charge in [-0.05, 0) is 37.8 Å². The van der Waals surface area contributed by atoms with E-state index in [2.05, 4.69) is 0 Å². The van der Waals surface area contributed by atoms with Gasteiger partial charge in [-0.2, -0.15) is 0 Å². The van der Waals surface area contributed by atoms with Crippen LogP contribution in [-0.4, -0.2) is 52.9 Å². The summed E-state index contributed by atoms with van der Waals surface area (Å²) in [7, 11) is 0. The molecule has 29 heavy (non-hydrogen) atoms. The van der Waals surface area contributed by atoms with Gasteiger partial charge in [-0.15, -0.1) is 0 Å². The molecule has 0 spiro atoms. The summed E-state index contributed by atoms with van der Waals surface area (Å²) in [6, 6.07) is 2.96. The highest BCUT2D eigenvalue weighted by atomic mass is 35.5. The van der Waals surface area contributed by atoms with Crippen LogP contribution in [0, 0.1) is 10.1 Å². The van der Waals surface area contributed by atoms with Gasteiger partial charge in [0.1, 0.15) is 16.3 Å². The van der Waals surface area contributed by atoms with E-state index in [-0.39, 0.29) is 41.5 Å².